The van der Waals surface area contributed by atoms with E-state index in [9.17, 15) is 21.6 Å². The summed E-state index contributed by atoms with van der Waals surface area (Å²) in [5.74, 6) is 4.36. The monoisotopic (exact) mass is 409 g/mol. The summed E-state index contributed by atoms with van der Waals surface area (Å²) in [5, 5.41) is 0. The molecule has 3 rings (SSSR count). The fraction of sp³-hybridized carbons (Fsp3) is 0.300. The van der Waals surface area contributed by atoms with Crippen molar-refractivity contribution in [1.82, 2.24) is 0 Å². The molecule has 0 spiro atoms. The molecule has 1 atom stereocenters. The average molecular weight is 409 g/mol. The SMILES string of the molecule is CS(=O)(=O)O[C@](C#CC1CC1)(c1cccc(-c2ccccc2)c1N)C(F)(F)F. The van der Waals surface area contributed by atoms with Gasteiger partial charge in [0, 0.05) is 22.7 Å². The number of para-hydroxylation sites is 1. The molecule has 0 radical (unpaired) electrons. The van der Waals surface area contributed by atoms with Crippen molar-refractivity contribution in [1.29, 1.82) is 0 Å². The maximum Gasteiger partial charge on any atom is 0.434 e. The van der Waals surface area contributed by atoms with Gasteiger partial charge in [0.15, 0.2) is 0 Å². The van der Waals surface area contributed by atoms with E-state index in [2.05, 4.69) is 16.0 Å². The first-order chi connectivity index (χ1) is 13.0. The number of nitrogens with two attached hydrogens (primary N) is 1. The van der Waals surface area contributed by atoms with Crippen LogP contribution in [0.2, 0.25) is 0 Å². The second-order valence-corrected chi connectivity index (χ2v) is 8.22. The number of benzene rings is 2. The highest BCUT2D eigenvalue weighted by atomic mass is 32.2. The number of rotatable bonds is 4. The van der Waals surface area contributed by atoms with E-state index >= 15 is 0 Å². The Morgan fingerprint density at radius 3 is 2.25 bits per heavy atom. The largest absolute Gasteiger partial charge is 0.434 e. The van der Waals surface area contributed by atoms with Crippen LogP contribution in [0.5, 0.6) is 0 Å². The Balaban J connectivity index is 2.28. The van der Waals surface area contributed by atoms with Crippen molar-refractivity contribution in [3.8, 4) is 23.0 Å². The van der Waals surface area contributed by atoms with Gasteiger partial charge in [-0.2, -0.15) is 21.6 Å². The van der Waals surface area contributed by atoms with Crippen LogP contribution < -0.4 is 5.73 Å². The number of halogens is 3. The van der Waals surface area contributed by atoms with Gasteiger partial charge in [-0.1, -0.05) is 60.4 Å². The molecule has 0 aromatic heterocycles. The topological polar surface area (TPSA) is 69.4 Å². The molecule has 8 heteroatoms. The molecular formula is C20H18F3NO3S. The van der Waals surface area contributed by atoms with E-state index in [1.807, 2.05) is 0 Å². The molecular weight excluding hydrogens is 391 g/mol. The smallest absolute Gasteiger partial charge is 0.398 e. The summed E-state index contributed by atoms with van der Waals surface area (Å²) in [5.41, 5.74) is 2.86. The summed E-state index contributed by atoms with van der Waals surface area (Å²) in [7, 11) is -4.51. The third-order valence-electron chi connectivity index (χ3n) is 4.28. The summed E-state index contributed by atoms with van der Waals surface area (Å²) in [4.78, 5) is 0. The van der Waals surface area contributed by atoms with E-state index < -0.39 is 27.5 Å². The van der Waals surface area contributed by atoms with Gasteiger partial charge in [0.1, 0.15) is 0 Å². The minimum atomic E-state index is -5.14. The van der Waals surface area contributed by atoms with Crippen LogP contribution in [0, 0.1) is 17.8 Å². The van der Waals surface area contributed by atoms with Gasteiger partial charge in [0.05, 0.1) is 6.26 Å². The van der Waals surface area contributed by atoms with Crippen LogP contribution in [0.3, 0.4) is 0 Å². The molecule has 1 aliphatic carbocycles. The van der Waals surface area contributed by atoms with Gasteiger partial charge in [-0.25, -0.2) is 4.18 Å². The third kappa shape index (κ3) is 4.16. The van der Waals surface area contributed by atoms with E-state index in [0.717, 1.165) is 6.07 Å². The quantitative estimate of drug-likeness (QED) is 0.469. The second kappa shape index (κ2) is 7.15. The number of nitrogen functional groups attached to an aromatic ring is 1. The molecule has 1 fully saturated rings. The molecule has 148 valence electrons. The van der Waals surface area contributed by atoms with E-state index in [1.165, 1.54) is 6.07 Å². The standard InChI is InChI=1S/C20H18F3NO3S/c1-28(25,26)27-19(20(21,22)23,13-12-14-10-11-14)17-9-5-8-16(18(17)24)15-6-3-2-4-7-15/h2-9,14H,10-11,24H2,1H3/t19-/m1/s1. The van der Waals surface area contributed by atoms with Crippen molar-refractivity contribution in [2.45, 2.75) is 24.6 Å². The van der Waals surface area contributed by atoms with E-state index in [-0.39, 0.29) is 11.6 Å². The lowest BCUT2D eigenvalue weighted by Crippen LogP contribution is -2.45. The summed E-state index contributed by atoms with van der Waals surface area (Å²) >= 11 is 0. The van der Waals surface area contributed by atoms with Crippen LogP contribution in [0.25, 0.3) is 11.1 Å². The fourth-order valence-electron chi connectivity index (χ4n) is 2.80. The van der Waals surface area contributed by atoms with Gasteiger partial charge in [-0.05, 0) is 18.4 Å². The summed E-state index contributed by atoms with van der Waals surface area (Å²) < 4.78 is 70.8. The Hall–Kier alpha value is -2.50. The Morgan fingerprint density at radius 1 is 1.07 bits per heavy atom. The predicted octanol–water partition coefficient (Wildman–Crippen LogP) is 4.08. The maximum atomic E-state index is 14.2. The highest BCUT2D eigenvalue weighted by Gasteiger charge is 2.60. The molecule has 1 aliphatic rings. The van der Waals surface area contributed by atoms with Crippen LogP contribution in [-0.4, -0.2) is 20.8 Å². The van der Waals surface area contributed by atoms with Gasteiger partial charge in [-0.3, -0.25) is 0 Å². The number of hydrogen-bond donors (Lipinski definition) is 1. The molecule has 28 heavy (non-hydrogen) atoms. The van der Waals surface area contributed by atoms with Crippen molar-refractivity contribution >= 4 is 15.8 Å². The third-order valence-corrected chi connectivity index (χ3v) is 4.83. The number of hydrogen-bond acceptors (Lipinski definition) is 4. The fourth-order valence-corrected chi connectivity index (χ4v) is 3.48. The Bertz CT molecular complexity index is 1040. The van der Waals surface area contributed by atoms with Crippen molar-refractivity contribution in [2.75, 3.05) is 12.0 Å². The lowest BCUT2D eigenvalue weighted by Gasteiger charge is -2.31. The zero-order chi connectivity index (χ0) is 20.6. The summed E-state index contributed by atoms with van der Waals surface area (Å²) in [6.45, 7) is 0. The lowest BCUT2D eigenvalue weighted by atomic mass is 9.88. The Kier molecular flexibility index (Phi) is 5.17. The molecule has 2 aromatic rings. The zero-order valence-corrected chi connectivity index (χ0v) is 15.8. The van der Waals surface area contributed by atoms with Gasteiger partial charge >= 0.3 is 6.18 Å². The normalized spacial score (nSPS) is 16.7. The van der Waals surface area contributed by atoms with E-state index in [1.54, 1.807) is 36.4 Å². The zero-order valence-electron chi connectivity index (χ0n) is 15.0. The first kappa shape index (κ1) is 20.2. The highest BCUT2D eigenvalue weighted by Crippen LogP contribution is 2.47. The first-order valence-corrected chi connectivity index (χ1v) is 10.3. The molecule has 1 saturated carbocycles. The summed E-state index contributed by atoms with van der Waals surface area (Å²) in [6, 6.07) is 12.6. The molecule has 2 aromatic carbocycles. The maximum absolute atomic E-state index is 14.2. The van der Waals surface area contributed by atoms with Gasteiger partial charge in [0.2, 0.25) is 0 Å². The van der Waals surface area contributed by atoms with E-state index in [4.69, 9.17) is 5.73 Å². The lowest BCUT2D eigenvalue weighted by molar-refractivity contribution is -0.228. The molecule has 0 heterocycles. The number of alkyl halides is 3. The summed E-state index contributed by atoms with van der Waals surface area (Å²) in [6.07, 6.45) is -3.25. The molecule has 0 saturated heterocycles. The first-order valence-electron chi connectivity index (χ1n) is 8.48. The van der Waals surface area contributed by atoms with Crippen molar-refractivity contribution in [3.05, 3.63) is 54.1 Å². The van der Waals surface area contributed by atoms with Crippen LogP contribution in [0.15, 0.2) is 48.5 Å². The Morgan fingerprint density at radius 2 is 1.71 bits per heavy atom. The van der Waals surface area contributed by atoms with E-state index in [0.29, 0.717) is 30.2 Å². The highest BCUT2D eigenvalue weighted by molar-refractivity contribution is 7.86. The van der Waals surface area contributed by atoms with Gasteiger partial charge in [-0.15, -0.1) is 0 Å². The molecule has 2 N–H and O–H groups in total. The second-order valence-electron chi connectivity index (χ2n) is 6.64. The van der Waals surface area contributed by atoms with Crippen LogP contribution in [0.4, 0.5) is 18.9 Å². The van der Waals surface area contributed by atoms with Gasteiger partial charge < -0.3 is 5.73 Å². The predicted molar refractivity (Wildman–Crippen MR) is 100 cm³/mol. The van der Waals surface area contributed by atoms with Crippen molar-refractivity contribution in [2.24, 2.45) is 5.92 Å². The van der Waals surface area contributed by atoms with Crippen molar-refractivity contribution in [3.63, 3.8) is 0 Å². The molecule has 0 unspecified atom stereocenters. The van der Waals surface area contributed by atoms with Crippen LogP contribution in [-0.2, 0) is 19.9 Å². The van der Waals surface area contributed by atoms with Gasteiger partial charge in [0.25, 0.3) is 15.7 Å². The molecule has 0 aliphatic heterocycles. The molecule has 4 nitrogen and oxygen atoms in total. The van der Waals surface area contributed by atoms with Crippen molar-refractivity contribution < 1.29 is 25.8 Å². The van der Waals surface area contributed by atoms with Crippen LogP contribution >= 0.6 is 0 Å². The Labute approximate surface area is 161 Å². The average Bonchev–Trinajstić information content (AvgIpc) is 3.42. The molecule has 0 amide bonds. The minimum Gasteiger partial charge on any atom is -0.398 e. The number of anilines is 1. The van der Waals surface area contributed by atoms with Crippen LogP contribution in [0.1, 0.15) is 18.4 Å². The minimum absolute atomic E-state index is 0.205. The molecule has 0 bridgehead atoms.